The Morgan fingerprint density at radius 2 is 1.69 bits per heavy atom. The van der Waals surface area contributed by atoms with Gasteiger partial charge in [-0.2, -0.15) is 0 Å². The molecule has 32 heavy (non-hydrogen) atoms. The van der Waals surface area contributed by atoms with E-state index in [1.807, 2.05) is 61.5 Å². The molecule has 0 fully saturated rings. The highest BCUT2D eigenvalue weighted by atomic mass is 16.6. The number of pyridine rings is 1. The van der Waals surface area contributed by atoms with Crippen LogP contribution in [0.25, 0.3) is 22.2 Å². The number of aryl methyl sites for hydroxylation is 1. The van der Waals surface area contributed by atoms with Crippen LogP contribution in [0.5, 0.6) is 5.75 Å². The lowest BCUT2D eigenvalue weighted by Crippen LogP contribution is -2.14. The van der Waals surface area contributed by atoms with E-state index in [0.717, 1.165) is 16.8 Å². The maximum Gasteiger partial charge on any atom is 0.343 e. The van der Waals surface area contributed by atoms with Crippen LogP contribution >= 0.6 is 0 Å². The summed E-state index contributed by atoms with van der Waals surface area (Å²) in [5, 5.41) is 3.60. The topological polar surface area (TPSA) is 77.5 Å². The number of esters is 1. The van der Waals surface area contributed by atoms with Gasteiger partial charge in [0.25, 0.3) is 5.91 Å². The maximum atomic E-state index is 12.7. The van der Waals surface area contributed by atoms with Gasteiger partial charge in [0.2, 0.25) is 0 Å². The molecule has 0 atom stereocenters. The molecule has 0 spiro atoms. The molecule has 0 saturated heterocycles. The van der Waals surface area contributed by atoms with Crippen LogP contribution < -0.4 is 10.1 Å². The lowest BCUT2D eigenvalue weighted by molar-refractivity contribution is -0.142. The summed E-state index contributed by atoms with van der Waals surface area (Å²) in [6, 6.07) is 24.3. The minimum atomic E-state index is -0.486. The second-order valence-corrected chi connectivity index (χ2v) is 7.24. The van der Waals surface area contributed by atoms with Crippen molar-refractivity contribution in [3.05, 3.63) is 90.0 Å². The van der Waals surface area contributed by atoms with E-state index < -0.39 is 5.97 Å². The lowest BCUT2D eigenvalue weighted by atomic mass is 10.1. The van der Waals surface area contributed by atoms with Crippen LogP contribution in [0.2, 0.25) is 0 Å². The molecule has 0 aliphatic heterocycles. The molecule has 1 aromatic heterocycles. The van der Waals surface area contributed by atoms with Gasteiger partial charge in [0.15, 0.2) is 6.61 Å². The predicted molar refractivity (Wildman–Crippen MR) is 124 cm³/mol. The average Bonchev–Trinajstić information content (AvgIpc) is 2.83. The number of amides is 1. The summed E-state index contributed by atoms with van der Waals surface area (Å²) in [4.78, 5) is 29.1. The number of fused-ring (bicyclic) bond motifs is 1. The predicted octanol–water partition coefficient (Wildman–Crippen LogP) is 5.01. The van der Waals surface area contributed by atoms with Crippen LogP contribution in [0.4, 0.5) is 5.69 Å². The highest BCUT2D eigenvalue weighted by Gasteiger charge is 2.14. The van der Waals surface area contributed by atoms with Gasteiger partial charge in [-0.05, 0) is 36.8 Å². The van der Waals surface area contributed by atoms with Gasteiger partial charge in [0.1, 0.15) is 5.75 Å². The molecule has 1 N–H and O–H groups in total. The third-order valence-electron chi connectivity index (χ3n) is 5.06. The summed E-state index contributed by atoms with van der Waals surface area (Å²) in [5.74, 6) is -0.208. The Kier molecular flexibility index (Phi) is 6.12. The molecule has 0 aliphatic rings. The summed E-state index contributed by atoms with van der Waals surface area (Å²) < 4.78 is 10.5. The summed E-state index contributed by atoms with van der Waals surface area (Å²) >= 11 is 0. The smallest absolute Gasteiger partial charge is 0.343 e. The van der Waals surface area contributed by atoms with Crippen LogP contribution in [0.15, 0.2) is 78.9 Å². The lowest BCUT2D eigenvalue weighted by Gasteiger charge is -2.13. The number of hydrogen-bond donors (Lipinski definition) is 1. The zero-order valence-corrected chi connectivity index (χ0v) is 17.8. The molecule has 1 heterocycles. The largest absolute Gasteiger partial charge is 0.481 e. The van der Waals surface area contributed by atoms with Crippen LogP contribution in [0.1, 0.15) is 15.9 Å². The third-order valence-corrected chi connectivity index (χ3v) is 5.06. The first-order chi connectivity index (χ1) is 15.5. The van der Waals surface area contributed by atoms with Gasteiger partial charge in [0.05, 0.1) is 18.3 Å². The molecular formula is C26H22N2O4. The number of benzene rings is 3. The Bertz CT molecular complexity index is 1290. The zero-order valence-electron chi connectivity index (χ0n) is 17.8. The summed E-state index contributed by atoms with van der Waals surface area (Å²) in [6.07, 6.45) is 0. The fourth-order valence-corrected chi connectivity index (χ4v) is 3.37. The molecule has 4 aromatic rings. The average molecular weight is 426 g/mol. The Morgan fingerprint density at radius 3 is 2.44 bits per heavy atom. The highest BCUT2D eigenvalue weighted by molar-refractivity contribution is 6.06. The van der Waals surface area contributed by atoms with E-state index in [-0.39, 0.29) is 12.5 Å². The Labute approximate surface area is 185 Å². The normalized spacial score (nSPS) is 10.6. The van der Waals surface area contributed by atoms with Crippen molar-refractivity contribution in [2.24, 2.45) is 0 Å². The first kappa shape index (κ1) is 21.1. The van der Waals surface area contributed by atoms with Crippen LogP contribution in [-0.2, 0) is 9.53 Å². The molecule has 0 saturated carbocycles. The van der Waals surface area contributed by atoms with Crippen molar-refractivity contribution in [1.82, 2.24) is 4.98 Å². The summed E-state index contributed by atoms with van der Waals surface area (Å²) in [6.45, 7) is 1.66. The fraction of sp³-hybridized carbons (Fsp3) is 0.115. The minimum Gasteiger partial charge on any atom is -0.481 e. The van der Waals surface area contributed by atoms with Crippen molar-refractivity contribution in [1.29, 1.82) is 0 Å². The standard InChI is InChI=1S/C26H22N2O4/c1-17-8-6-7-11-20(17)26(30)27-19-12-13-22-21(14-19)24(32-16-25(29)31-2)15-23(28-22)18-9-4-3-5-10-18/h3-15H,16H2,1-2H3,(H,27,30). The third kappa shape index (κ3) is 4.59. The molecule has 160 valence electrons. The Balaban J connectivity index is 1.72. The molecule has 0 bridgehead atoms. The van der Waals surface area contributed by atoms with E-state index in [1.54, 1.807) is 24.3 Å². The molecule has 0 radical (unpaired) electrons. The maximum absolute atomic E-state index is 12.7. The van der Waals surface area contributed by atoms with Crippen LogP contribution in [-0.4, -0.2) is 30.6 Å². The second kappa shape index (κ2) is 9.31. The van der Waals surface area contributed by atoms with Gasteiger partial charge in [-0.1, -0.05) is 48.5 Å². The van der Waals surface area contributed by atoms with E-state index in [9.17, 15) is 9.59 Å². The van der Waals surface area contributed by atoms with Gasteiger partial charge >= 0.3 is 5.97 Å². The van der Waals surface area contributed by atoms with E-state index in [1.165, 1.54) is 7.11 Å². The number of ether oxygens (including phenoxy) is 2. The number of carbonyl (C=O) groups is 2. The molecule has 0 unspecified atom stereocenters. The number of methoxy groups -OCH3 is 1. The first-order valence-electron chi connectivity index (χ1n) is 10.1. The summed E-state index contributed by atoms with van der Waals surface area (Å²) in [7, 11) is 1.31. The number of nitrogens with zero attached hydrogens (tertiary/aromatic N) is 1. The minimum absolute atomic E-state index is 0.201. The molecule has 4 rings (SSSR count). The van der Waals surface area contributed by atoms with E-state index in [0.29, 0.717) is 27.9 Å². The van der Waals surface area contributed by atoms with Gasteiger partial charge in [0, 0.05) is 28.3 Å². The van der Waals surface area contributed by atoms with Crippen LogP contribution in [0.3, 0.4) is 0 Å². The fourth-order valence-electron chi connectivity index (χ4n) is 3.37. The van der Waals surface area contributed by atoms with Gasteiger partial charge < -0.3 is 14.8 Å². The molecule has 3 aromatic carbocycles. The number of rotatable bonds is 6. The van der Waals surface area contributed by atoms with Crippen molar-refractivity contribution < 1.29 is 19.1 Å². The number of aromatic nitrogens is 1. The number of hydrogen-bond acceptors (Lipinski definition) is 5. The SMILES string of the molecule is COC(=O)COc1cc(-c2ccccc2)nc2ccc(NC(=O)c3ccccc3C)cc12. The zero-order chi connectivity index (χ0) is 22.5. The monoisotopic (exact) mass is 426 g/mol. The second-order valence-electron chi connectivity index (χ2n) is 7.24. The van der Waals surface area contributed by atoms with Gasteiger partial charge in [-0.25, -0.2) is 9.78 Å². The summed E-state index contributed by atoms with van der Waals surface area (Å²) in [5.41, 5.74) is 4.42. The van der Waals surface area contributed by atoms with E-state index in [4.69, 9.17) is 14.5 Å². The Morgan fingerprint density at radius 1 is 0.938 bits per heavy atom. The van der Waals surface area contributed by atoms with Crippen molar-refractivity contribution in [3.8, 4) is 17.0 Å². The first-order valence-corrected chi connectivity index (χ1v) is 10.1. The van der Waals surface area contributed by atoms with Crippen molar-refractivity contribution in [2.45, 2.75) is 6.92 Å². The van der Waals surface area contributed by atoms with E-state index >= 15 is 0 Å². The quantitative estimate of drug-likeness (QED) is 0.438. The number of anilines is 1. The molecule has 0 aliphatic carbocycles. The molecule has 1 amide bonds. The van der Waals surface area contributed by atoms with Crippen LogP contribution in [0, 0.1) is 6.92 Å². The molecular weight excluding hydrogens is 404 g/mol. The van der Waals surface area contributed by atoms with Gasteiger partial charge in [-0.15, -0.1) is 0 Å². The van der Waals surface area contributed by atoms with E-state index in [2.05, 4.69) is 5.32 Å². The Hall–Kier alpha value is -4.19. The van der Waals surface area contributed by atoms with Crippen molar-refractivity contribution in [3.63, 3.8) is 0 Å². The van der Waals surface area contributed by atoms with Crippen molar-refractivity contribution >= 4 is 28.5 Å². The molecule has 6 heteroatoms. The number of nitrogens with one attached hydrogen (secondary N) is 1. The van der Waals surface area contributed by atoms with Gasteiger partial charge in [-0.3, -0.25) is 4.79 Å². The van der Waals surface area contributed by atoms with Crippen molar-refractivity contribution in [2.75, 3.05) is 19.0 Å². The number of carbonyl (C=O) groups excluding carboxylic acids is 2. The molecule has 6 nitrogen and oxygen atoms in total. The highest BCUT2D eigenvalue weighted by Crippen LogP contribution is 2.32.